The van der Waals surface area contributed by atoms with Crippen LogP contribution in [0.15, 0.2) is 47.3 Å². The van der Waals surface area contributed by atoms with E-state index in [9.17, 15) is 0 Å². The summed E-state index contributed by atoms with van der Waals surface area (Å²) in [6.45, 7) is 5.40. The molecule has 0 atom stereocenters. The van der Waals surface area contributed by atoms with Gasteiger partial charge in [-0.05, 0) is 30.7 Å². The van der Waals surface area contributed by atoms with Gasteiger partial charge in [-0.1, -0.05) is 6.07 Å². The minimum absolute atomic E-state index is 0.378. The van der Waals surface area contributed by atoms with Gasteiger partial charge in [0.25, 0.3) is 6.01 Å². The average molecular weight is 474 g/mol. The molecule has 0 bridgehead atoms. The number of methoxy groups -OCH3 is 1. The van der Waals surface area contributed by atoms with Crippen molar-refractivity contribution in [3.8, 4) is 28.0 Å². The first-order valence-electron chi connectivity index (χ1n) is 11.4. The van der Waals surface area contributed by atoms with Crippen LogP contribution in [-0.4, -0.2) is 58.1 Å². The van der Waals surface area contributed by atoms with Crippen LogP contribution in [0.4, 0.5) is 10.4 Å². The number of halogens is 1. The van der Waals surface area contributed by atoms with Gasteiger partial charge in [0.05, 0.1) is 32.8 Å². The normalized spacial score (nSPS) is 14.2. The summed E-state index contributed by atoms with van der Waals surface area (Å²) < 4.78 is 34.2. The van der Waals surface area contributed by atoms with Crippen molar-refractivity contribution in [1.82, 2.24) is 24.7 Å². The van der Waals surface area contributed by atoms with Crippen LogP contribution in [0.25, 0.3) is 44.5 Å². The second-order valence-electron chi connectivity index (χ2n) is 8.27. The first kappa shape index (κ1) is 21.5. The van der Waals surface area contributed by atoms with Crippen LogP contribution < -0.4 is 9.64 Å². The third kappa shape index (κ3) is 3.66. The van der Waals surface area contributed by atoms with E-state index in [1.165, 1.54) is 6.07 Å². The molecular formula is C25H23FN6O3. The topological polar surface area (TPSA) is 91.3 Å². The molecule has 6 rings (SSSR count). The number of imidazole rings is 1. The number of morpholine rings is 1. The molecule has 0 amide bonds. The third-order valence-electron chi connectivity index (χ3n) is 6.29. The molecule has 0 spiro atoms. The fourth-order valence-electron chi connectivity index (χ4n) is 4.43. The molecule has 2 aromatic carbocycles. The fourth-order valence-corrected chi connectivity index (χ4v) is 4.43. The Morgan fingerprint density at radius 1 is 1.09 bits per heavy atom. The number of hydrogen-bond acceptors (Lipinski definition) is 8. The minimum Gasteiger partial charge on any atom is -0.496 e. The lowest BCUT2D eigenvalue weighted by atomic mass is 9.98. The summed E-state index contributed by atoms with van der Waals surface area (Å²) in [6.07, 6.45) is 3.39. The van der Waals surface area contributed by atoms with Gasteiger partial charge >= 0.3 is 0 Å². The van der Waals surface area contributed by atoms with Crippen molar-refractivity contribution in [3.63, 3.8) is 0 Å². The lowest BCUT2D eigenvalue weighted by Gasteiger charge is -2.24. The standard InChI is InChI=1S/C25H23FN6O3/c1-3-31-14-27-23-18(13-28-30-24(23)31)15-4-5-19(26)16(10-15)17-11-22-20(12-21(17)33-2)29-25(35-22)32-6-8-34-9-7-32/h4-5,10-14H,3,6-9H2,1-2H3. The number of fused-ring (bicyclic) bond motifs is 2. The number of benzene rings is 2. The van der Waals surface area contributed by atoms with E-state index in [0.29, 0.717) is 71.5 Å². The highest BCUT2D eigenvalue weighted by Gasteiger charge is 2.21. The second-order valence-corrected chi connectivity index (χ2v) is 8.27. The van der Waals surface area contributed by atoms with E-state index in [4.69, 9.17) is 13.9 Å². The number of hydrogen-bond donors (Lipinski definition) is 0. The zero-order chi connectivity index (χ0) is 23.9. The van der Waals surface area contributed by atoms with E-state index < -0.39 is 0 Å². The van der Waals surface area contributed by atoms with Crippen LogP contribution in [0.1, 0.15) is 6.92 Å². The molecule has 1 fully saturated rings. The quantitative estimate of drug-likeness (QED) is 0.372. The van der Waals surface area contributed by atoms with Gasteiger partial charge < -0.3 is 23.4 Å². The Hall–Kier alpha value is -4.05. The van der Waals surface area contributed by atoms with Crippen molar-refractivity contribution in [1.29, 1.82) is 0 Å². The summed E-state index contributed by atoms with van der Waals surface area (Å²) in [5.41, 5.74) is 5.11. The summed E-state index contributed by atoms with van der Waals surface area (Å²) in [4.78, 5) is 11.2. The third-order valence-corrected chi connectivity index (χ3v) is 6.29. The van der Waals surface area contributed by atoms with E-state index in [1.807, 2.05) is 16.4 Å². The molecular weight excluding hydrogens is 451 g/mol. The van der Waals surface area contributed by atoms with E-state index in [1.54, 1.807) is 43.9 Å². The summed E-state index contributed by atoms with van der Waals surface area (Å²) in [5, 5.41) is 8.37. The van der Waals surface area contributed by atoms with Crippen molar-refractivity contribution in [2.45, 2.75) is 13.5 Å². The van der Waals surface area contributed by atoms with Crippen molar-refractivity contribution in [2.75, 3.05) is 38.3 Å². The zero-order valence-electron chi connectivity index (χ0n) is 19.4. The highest BCUT2D eigenvalue weighted by atomic mass is 19.1. The van der Waals surface area contributed by atoms with Gasteiger partial charge in [-0.25, -0.2) is 9.37 Å². The molecule has 178 valence electrons. The molecule has 1 aliphatic heterocycles. The van der Waals surface area contributed by atoms with Gasteiger partial charge in [0, 0.05) is 42.4 Å². The molecule has 0 unspecified atom stereocenters. The summed E-state index contributed by atoms with van der Waals surface area (Å²) in [6, 6.07) is 9.01. The van der Waals surface area contributed by atoms with Crippen molar-refractivity contribution in [3.05, 3.63) is 48.7 Å². The summed E-state index contributed by atoms with van der Waals surface area (Å²) >= 11 is 0. The maximum atomic E-state index is 15.2. The van der Waals surface area contributed by atoms with Gasteiger partial charge in [0.15, 0.2) is 11.2 Å². The predicted octanol–water partition coefficient (Wildman–Crippen LogP) is 4.31. The maximum Gasteiger partial charge on any atom is 0.298 e. The van der Waals surface area contributed by atoms with Crippen molar-refractivity contribution in [2.24, 2.45) is 0 Å². The Bertz CT molecular complexity index is 1540. The largest absolute Gasteiger partial charge is 0.496 e. The number of ether oxygens (including phenoxy) is 2. The van der Waals surface area contributed by atoms with E-state index in [-0.39, 0.29) is 5.82 Å². The number of nitrogens with zero attached hydrogens (tertiary/aromatic N) is 6. The lowest BCUT2D eigenvalue weighted by Crippen LogP contribution is -2.36. The molecule has 10 heteroatoms. The van der Waals surface area contributed by atoms with Crippen LogP contribution in [0.2, 0.25) is 0 Å². The van der Waals surface area contributed by atoms with Crippen LogP contribution in [0, 0.1) is 5.82 Å². The average Bonchev–Trinajstić information content (AvgIpc) is 3.52. The van der Waals surface area contributed by atoms with Gasteiger partial charge in [0.2, 0.25) is 0 Å². The highest BCUT2D eigenvalue weighted by Crippen LogP contribution is 2.39. The van der Waals surface area contributed by atoms with Gasteiger partial charge in [-0.3, -0.25) is 0 Å². The lowest BCUT2D eigenvalue weighted by molar-refractivity contribution is 0.120. The van der Waals surface area contributed by atoms with E-state index in [0.717, 1.165) is 17.7 Å². The molecule has 0 aliphatic carbocycles. The molecule has 1 saturated heterocycles. The molecule has 35 heavy (non-hydrogen) atoms. The number of rotatable bonds is 5. The van der Waals surface area contributed by atoms with Crippen LogP contribution in [-0.2, 0) is 11.3 Å². The molecule has 4 heterocycles. The van der Waals surface area contributed by atoms with Crippen LogP contribution in [0.5, 0.6) is 5.75 Å². The Morgan fingerprint density at radius 3 is 2.74 bits per heavy atom. The Labute approximate surface area is 200 Å². The Kier molecular flexibility index (Phi) is 5.29. The summed E-state index contributed by atoms with van der Waals surface area (Å²) in [7, 11) is 1.56. The molecule has 1 aliphatic rings. The van der Waals surface area contributed by atoms with Crippen LogP contribution >= 0.6 is 0 Å². The zero-order valence-corrected chi connectivity index (χ0v) is 19.4. The van der Waals surface area contributed by atoms with E-state index >= 15 is 4.39 Å². The predicted molar refractivity (Wildman–Crippen MR) is 129 cm³/mol. The van der Waals surface area contributed by atoms with Gasteiger partial charge in [0.1, 0.15) is 22.6 Å². The highest BCUT2D eigenvalue weighted by molar-refractivity contribution is 5.92. The first-order valence-corrected chi connectivity index (χ1v) is 11.4. The molecule has 5 aromatic rings. The monoisotopic (exact) mass is 474 g/mol. The first-order chi connectivity index (χ1) is 17.2. The minimum atomic E-state index is -0.378. The maximum absolute atomic E-state index is 15.2. The second kappa shape index (κ2) is 8.62. The number of oxazole rings is 1. The molecule has 0 saturated carbocycles. The Morgan fingerprint density at radius 2 is 1.94 bits per heavy atom. The number of anilines is 1. The Balaban J connectivity index is 1.47. The summed E-state index contributed by atoms with van der Waals surface area (Å²) in [5.74, 6) is 0.125. The number of aromatic nitrogens is 5. The van der Waals surface area contributed by atoms with E-state index in [2.05, 4.69) is 20.2 Å². The fraction of sp³-hybridized carbons (Fsp3) is 0.280. The SMILES string of the molecule is CCn1cnc2c(-c3ccc(F)c(-c4cc5oc(N6CCOCC6)nc5cc4OC)c3)cnnc21. The molecule has 0 radical (unpaired) electrons. The van der Waals surface area contributed by atoms with Crippen molar-refractivity contribution >= 4 is 28.3 Å². The van der Waals surface area contributed by atoms with Crippen molar-refractivity contribution < 1.29 is 18.3 Å². The van der Waals surface area contributed by atoms with Gasteiger partial charge in [-0.15, -0.1) is 5.10 Å². The number of aryl methyl sites for hydroxylation is 1. The molecule has 3 aromatic heterocycles. The van der Waals surface area contributed by atoms with Gasteiger partial charge in [-0.2, -0.15) is 10.1 Å². The van der Waals surface area contributed by atoms with Crippen LogP contribution in [0.3, 0.4) is 0 Å². The molecule has 0 N–H and O–H groups in total. The molecule has 9 nitrogen and oxygen atoms in total. The smallest absolute Gasteiger partial charge is 0.298 e.